The highest BCUT2D eigenvalue weighted by Crippen LogP contribution is 2.45. The quantitative estimate of drug-likeness (QED) is 0.0146. The molecular weight excluding hydrogens is 1360 g/mol. The SMILES string of the molecule is CC/C=C\C/C=C\C/C=C\C/C=C\C/C=C\C/C=C\CCCCCCCCCCCCCCC(=O)OCC(O)COP(=O)(O)OCC(O)COP(=O)(O)OCC(COC(=O)CCCCCCCCC/C=C\C/C=C\C/C=C\C/C=C\CCCCC)OC(=O)CCCCCCC/C=C\CCCCCCCC. The van der Waals surface area contributed by atoms with Crippen LogP contribution in [0, 0.1) is 0 Å². The van der Waals surface area contributed by atoms with Gasteiger partial charge in [0.1, 0.15) is 25.4 Å². The van der Waals surface area contributed by atoms with Gasteiger partial charge in [-0.15, -0.1) is 0 Å². The molecule has 16 nitrogen and oxygen atoms in total. The van der Waals surface area contributed by atoms with Gasteiger partial charge in [-0.3, -0.25) is 32.5 Å². The molecule has 105 heavy (non-hydrogen) atoms. The highest BCUT2D eigenvalue weighted by molar-refractivity contribution is 7.47. The topological polar surface area (TPSA) is 231 Å². The predicted molar refractivity (Wildman–Crippen MR) is 436 cm³/mol. The van der Waals surface area contributed by atoms with Gasteiger partial charge in [0.25, 0.3) is 0 Å². The molecule has 4 N–H and O–H groups in total. The van der Waals surface area contributed by atoms with E-state index in [1.54, 1.807) is 0 Å². The molecule has 0 saturated heterocycles. The van der Waals surface area contributed by atoms with Crippen LogP contribution in [-0.2, 0) is 55.8 Å². The summed E-state index contributed by atoms with van der Waals surface area (Å²) in [5.41, 5.74) is 0. The Labute approximate surface area is 639 Å². The zero-order valence-electron chi connectivity index (χ0n) is 66.1. The Hall–Kier alpha value is -4.31. The van der Waals surface area contributed by atoms with Gasteiger partial charge in [-0.05, 0) is 141 Å². The Morgan fingerprint density at radius 1 is 0.276 bits per heavy atom. The number of unbranched alkanes of at least 4 members (excludes halogenated alkanes) is 33. The van der Waals surface area contributed by atoms with Crippen LogP contribution in [0.2, 0.25) is 0 Å². The number of aliphatic hydroxyl groups excluding tert-OH is 2. The van der Waals surface area contributed by atoms with E-state index >= 15 is 0 Å². The van der Waals surface area contributed by atoms with Crippen LogP contribution in [0.15, 0.2) is 134 Å². The molecule has 0 heterocycles. The van der Waals surface area contributed by atoms with E-state index in [0.717, 1.165) is 167 Å². The Bertz CT molecular complexity index is 2440. The van der Waals surface area contributed by atoms with Crippen LogP contribution >= 0.6 is 15.6 Å². The van der Waals surface area contributed by atoms with Gasteiger partial charge >= 0.3 is 33.6 Å². The number of carbonyl (C=O) groups excluding carboxylic acids is 3. The lowest BCUT2D eigenvalue weighted by Gasteiger charge is -2.21. The van der Waals surface area contributed by atoms with E-state index < -0.39 is 91.5 Å². The van der Waals surface area contributed by atoms with Crippen molar-refractivity contribution in [2.45, 2.75) is 360 Å². The van der Waals surface area contributed by atoms with Gasteiger partial charge in [0.2, 0.25) is 0 Å². The zero-order chi connectivity index (χ0) is 76.6. The lowest BCUT2D eigenvalue weighted by molar-refractivity contribution is -0.161. The van der Waals surface area contributed by atoms with E-state index in [1.807, 2.05) is 0 Å². The molecule has 0 amide bonds. The van der Waals surface area contributed by atoms with Crippen molar-refractivity contribution in [1.29, 1.82) is 0 Å². The molecule has 0 aliphatic rings. The average Bonchev–Trinajstić information content (AvgIpc) is 0.965. The first-order chi connectivity index (χ1) is 51.2. The van der Waals surface area contributed by atoms with Crippen LogP contribution in [0.1, 0.15) is 342 Å². The lowest BCUT2D eigenvalue weighted by Crippen LogP contribution is -2.30. The second kappa shape index (κ2) is 79.2. The van der Waals surface area contributed by atoms with Gasteiger partial charge in [0.15, 0.2) is 6.10 Å². The third kappa shape index (κ3) is 80.5. The molecule has 0 aromatic heterocycles. The minimum absolute atomic E-state index is 0.0910. The number of ether oxygens (including phenoxy) is 3. The fourth-order valence-corrected chi connectivity index (χ4v) is 12.6. The van der Waals surface area contributed by atoms with Gasteiger partial charge < -0.3 is 34.2 Å². The maximum absolute atomic E-state index is 13.0. The minimum atomic E-state index is -4.94. The number of esters is 3. The van der Waals surface area contributed by atoms with Gasteiger partial charge in [0.05, 0.1) is 26.4 Å². The molecule has 0 aromatic rings. The second-order valence-electron chi connectivity index (χ2n) is 27.5. The predicted octanol–water partition coefficient (Wildman–Crippen LogP) is 24.7. The summed E-state index contributed by atoms with van der Waals surface area (Å²) in [6.45, 7) is 2.54. The first-order valence-corrected chi connectivity index (χ1v) is 44.5. The highest BCUT2D eigenvalue weighted by Gasteiger charge is 2.29. The first kappa shape index (κ1) is 101. The van der Waals surface area contributed by atoms with Gasteiger partial charge in [-0.1, -0.05) is 315 Å². The summed E-state index contributed by atoms with van der Waals surface area (Å²) < 4.78 is 61.2. The normalized spacial score (nSPS) is 14.6. The number of aliphatic hydroxyl groups is 2. The molecule has 604 valence electrons. The molecule has 5 atom stereocenters. The molecule has 0 radical (unpaired) electrons. The van der Waals surface area contributed by atoms with Crippen LogP contribution in [0.3, 0.4) is 0 Å². The molecule has 18 heteroatoms. The van der Waals surface area contributed by atoms with E-state index in [-0.39, 0.29) is 19.3 Å². The third-order valence-electron chi connectivity index (χ3n) is 17.3. The Morgan fingerprint density at radius 3 is 0.829 bits per heavy atom. The molecule has 0 rings (SSSR count). The van der Waals surface area contributed by atoms with Crippen LogP contribution in [0.4, 0.5) is 0 Å². The van der Waals surface area contributed by atoms with Gasteiger partial charge in [-0.25, -0.2) is 9.13 Å². The van der Waals surface area contributed by atoms with Gasteiger partial charge in [0, 0.05) is 19.3 Å². The maximum Gasteiger partial charge on any atom is 0.472 e. The number of phosphoric ester groups is 2. The van der Waals surface area contributed by atoms with E-state index in [4.69, 9.17) is 32.3 Å². The number of allylic oxidation sites excluding steroid dienone is 22. The van der Waals surface area contributed by atoms with Crippen LogP contribution < -0.4 is 0 Å². The molecule has 0 spiro atoms. The van der Waals surface area contributed by atoms with Crippen LogP contribution in [0.5, 0.6) is 0 Å². The van der Waals surface area contributed by atoms with E-state index in [1.165, 1.54) is 116 Å². The molecule has 0 bridgehead atoms. The number of phosphoric acid groups is 2. The van der Waals surface area contributed by atoms with Gasteiger partial charge in [-0.2, -0.15) is 0 Å². The fourth-order valence-electron chi connectivity index (χ4n) is 11.0. The van der Waals surface area contributed by atoms with Crippen molar-refractivity contribution in [3.05, 3.63) is 134 Å². The van der Waals surface area contributed by atoms with E-state index in [0.29, 0.717) is 19.3 Å². The Kier molecular flexibility index (Phi) is 76.0. The first-order valence-electron chi connectivity index (χ1n) is 41.5. The largest absolute Gasteiger partial charge is 0.472 e. The summed E-state index contributed by atoms with van der Waals surface area (Å²) in [5, 5.41) is 20.7. The molecular formula is C87H150O16P2. The standard InChI is InChI=1S/C87H150O16P2/c1-4-7-10-13-16-19-22-25-28-30-32-34-36-37-38-39-40-41-42-43-45-47-48-50-53-55-58-61-64-67-70-73-85(90)97-76-82(88)77-99-104(93,94)100-78-83(89)79-101-105(95,96)102-81-84(103-87(92)75-72-69-66-63-60-57-52-27-24-21-18-15-12-9-6-3)80-98-86(91)74-71-68-65-62-59-56-54-51-49-46-44-35-33-31-29-26-23-20-17-14-11-8-5-2/h7,10,16-17,19-20,25-29,32-35,37-38,40-41,46,49,52,82-84,88-89H,4-6,8-9,11-15,18,21-24,30-31,36,39,42-45,47-48,50-51,53-81H2,1-3H3,(H,93,94)(H,95,96)/b10-7-,19-16-,20-17-,28-25-,29-26-,34-32-,35-33-,38-37-,41-40-,49-46-,52-27-. The van der Waals surface area contributed by atoms with Crippen molar-refractivity contribution in [1.82, 2.24) is 0 Å². The Morgan fingerprint density at radius 2 is 0.505 bits per heavy atom. The monoisotopic (exact) mass is 1510 g/mol. The Balaban J connectivity index is 4.52. The molecule has 0 aliphatic heterocycles. The number of carbonyl (C=O) groups is 3. The smallest absolute Gasteiger partial charge is 0.463 e. The summed E-state index contributed by atoms with van der Waals surface area (Å²) >= 11 is 0. The van der Waals surface area contributed by atoms with Crippen molar-refractivity contribution in [2.24, 2.45) is 0 Å². The summed E-state index contributed by atoms with van der Waals surface area (Å²) in [5.74, 6) is -1.59. The lowest BCUT2D eigenvalue weighted by atomic mass is 10.0. The second-order valence-corrected chi connectivity index (χ2v) is 30.4. The maximum atomic E-state index is 13.0. The van der Waals surface area contributed by atoms with Crippen LogP contribution in [-0.4, -0.2) is 95.9 Å². The summed E-state index contributed by atoms with van der Waals surface area (Å²) in [7, 11) is -9.80. The average molecular weight is 1510 g/mol. The van der Waals surface area contributed by atoms with Crippen molar-refractivity contribution in [3.63, 3.8) is 0 Å². The zero-order valence-corrected chi connectivity index (χ0v) is 67.9. The van der Waals surface area contributed by atoms with Crippen molar-refractivity contribution in [3.8, 4) is 0 Å². The van der Waals surface area contributed by atoms with E-state index in [9.17, 15) is 43.5 Å². The minimum Gasteiger partial charge on any atom is -0.463 e. The highest BCUT2D eigenvalue weighted by atomic mass is 31.2. The molecule has 0 aromatic carbocycles. The fraction of sp³-hybridized carbons (Fsp3) is 0.713. The molecule has 5 unspecified atom stereocenters. The summed E-state index contributed by atoms with van der Waals surface area (Å²) in [6, 6.07) is 0. The number of hydrogen-bond acceptors (Lipinski definition) is 14. The van der Waals surface area contributed by atoms with E-state index in [2.05, 4.69) is 154 Å². The number of rotatable bonds is 78. The third-order valence-corrected chi connectivity index (χ3v) is 19.2. The number of hydrogen-bond donors (Lipinski definition) is 4. The molecule has 0 saturated carbocycles. The molecule has 0 aliphatic carbocycles. The van der Waals surface area contributed by atoms with Crippen LogP contribution in [0.25, 0.3) is 0 Å². The molecule has 0 fully saturated rings. The summed E-state index contributed by atoms with van der Waals surface area (Å²) in [4.78, 5) is 58.7. The van der Waals surface area contributed by atoms with Crippen molar-refractivity contribution < 1.29 is 75.8 Å². The van der Waals surface area contributed by atoms with Crippen molar-refractivity contribution >= 4 is 33.6 Å². The summed E-state index contributed by atoms with van der Waals surface area (Å²) in [6.07, 6.45) is 96.4. The van der Waals surface area contributed by atoms with Crippen molar-refractivity contribution in [2.75, 3.05) is 39.6 Å².